The number of aliphatic imine (C=N–C) groups is 1. The molecule has 3 rings (SSSR count). The molecular formula is C24H31F2N3O3. The Balaban J connectivity index is 1.78. The molecule has 32 heavy (non-hydrogen) atoms. The van der Waals surface area contributed by atoms with E-state index in [2.05, 4.69) is 44.6 Å². The first-order chi connectivity index (χ1) is 15.6. The smallest absolute Gasteiger partial charge is 0.387 e. The number of rotatable bonds is 9. The molecule has 1 aliphatic heterocycles. The van der Waals surface area contributed by atoms with Gasteiger partial charge in [-0.15, -0.1) is 0 Å². The highest BCUT2D eigenvalue weighted by Crippen LogP contribution is 2.34. The van der Waals surface area contributed by atoms with Crippen LogP contribution < -0.4 is 20.1 Å². The van der Waals surface area contributed by atoms with Gasteiger partial charge in [-0.2, -0.15) is 8.78 Å². The highest BCUT2D eigenvalue weighted by atomic mass is 19.3. The van der Waals surface area contributed by atoms with E-state index in [1.807, 2.05) is 13.0 Å². The fourth-order valence-electron chi connectivity index (χ4n) is 3.90. The molecule has 0 saturated carbocycles. The molecule has 174 valence electrons. The molecule has 1 heterocycles. The molecule has 0 aromatic heterocycles. The van der Waals surface area contributed by atoms with Crippen LogP contribution in [0.15, 0.2) is 53.5 Å². The zero-order chi connectivity index (χ0) is 22.8. The summed E-state index contributed by atoms with van der Waals surface area (Å²) in [4.78, 5) is 4.62. The Hall–Kier alpha value is -2.87. The van der Waals surface area contributed by atoms with Crippen LogP contribution in [-0.4, -0.2) is 46.0 Å². The monoisotopic (exact) mass is 447 g/mol. The summed E-state index contributed by atoms with van der Waals surface area (Å²) in [7, 11) is 1.53. The van der Waals surface area contributed by atoms with Gasteiger partial charge in [0.25, 0.3) is 0 Å². The number of hydrogen-bond acceptors (Lipinski definition) is 4. The van der Waals surface area contributed by atoms with Crippen LogP contribution >= 0.6 is 0 Å². The van der Waals surface area contributed by atoms with Crippen LogP contribution in [0.4, 0.5) is 8.78 Å². The van der Waals surface area contributed by atoms with Gasteiger partial charge < -0.3 is 24.8 Å². The van der Waals surface area contributed by atoms with Crippen LogP contribution in [0, 0.1) is 0 Å². The third-order valence-electron chi connectivity index (χ3n) is 5.67. The van der Waals surface area contributed by atoms with Crippen molar-refractivity contribution in [2.24, 2.45) is 4.99 Å². The molecule has 6 nitrogen and oxygen atoms in total. The molecule has 0 aliphatic carbocycles. The largest absolute Gasteiger partial charge is 0.497 e. The number of alkyl halides is 2. The normalized spacial score (nSPS) is 16.0. The van der Waals surface area contributed by atoms with Gasteiger partial charge in [-0.25, -0.2) is 4.99 Å². The molecule has 0 spiro atoms. The molecule has 1 fully saturated rings. The van der Waals surface area contributed by atoms with E-state index >= 15 is 0 Å². The highest BCUT2D eigenvalue weighted by Gasteiger charge is 2.34. The molecule has 1 saturated heterocycles. The first kappa shape index (κ1) is 23.8. The summed E-state index contributed by atoms with van der Waals surface area (Å²) in [5.41, 5.74) is 1.73. The third kappa shape index (κ3) is 6.32. The molecule has 0 atom stereocenters. The summed E-state index contributed by atoms with van der Waals surface area (Å²) >= 11 is 0. The van der Waals surface area contributed by atoms with Crippen molar-refractivity contribution in [1.82, 2.24) is 10.6 Å². The average Bonchev–Trinajstić information content (AvgIpc) is 2.82. The van der Waals surface area contributed by atoms with Gasteiger partial charge in [0.2, 0.25) is 0 Å². The maximum absolute atomic E-state index is 12.8. The van der Waals surface area contributed by atoms with Gasteiger partial charge in [-0.05, 0) is 43.5 Å². The van der Waals surface area contributed by atoms with Gasteiger partial charge in [0, 0.05) is 37.3 Å². The molecular weight excluding hydrogens is 416 g/mol. The Kier molecular flexibility index (Phi) is 8.67. The quantitative estimate of drug-likeness (QED) is 0.448. The molecule has 2 N–H and O–H groups in total. The van der Waals surface area contributed by atoms with Crippen molar-refractivity contribution >= 4 is 5.96 Å². The number of halogens is 2. The number of nitrogens with one attached hydrogen (secondary N) is 2. The summed E-state index contributed by atoms with van der Waals surface area (Å²) in [6, 6.07) is 15.2. The SMILES string of the molecule is CCNC(=NCc1cc(OC)ccc1OC(F)F)NCC1(c2ccccc2)CCOCC1. The Morgan fingerprint density at radius 3 is 2.53 bits per heavy atom. The number of benzene rings is 2. The molecule has 2 aromatic rings. The number of ether oxygens (including phenoxy) is 3. The Bertz CT molecular complexity index is 872. The van der Waals surface area contributed by atoms with E-state index in [1.54, 1.807) is 12.1 Å². The van der Waals surface area contributed by atoms with E-state index in [0.29, 0.717) is 43.6 Å². The first-order valence-corrected chi connectivity index (χ1v) is 10.8. The van der Waals surface area contributed by atoms with Gasteiger partial charge in [0.15, 0.2) is 5.96 Å². The fourth-order valence-corrected chi connectivity index (χ4v) is 3.90. The topological polar surface area (TPSA) is 64.1 Å². The average molecular weight is 448 g/mol. The second-order valence-electron chi connectivity index (χ2n) is 7.66. The van der Waals surface area contributed by atoms with Gasteiger partial charge in [0.05, 0.1) is 13.7 Å². The minimum atomic E-state index is -2.91. The lowest BCUT2D eigenvalue weighted by molar-refractivity contribution is -0.0504. The maximum Gasteiger partial charge on any atom is 0.387 e. The van der Waals surface area contributed by atoms with E-state index < -0.39 is 6.61 Å². The van der Waals surface area contributed by atoms with Crippen LogP contribution in [-0.2, 0) is 16.7 Å². The molecule has 1 aliphatic rings. The van der Waals surface area contributed by atoms with Crippen LogP contribution in [0.1, 0.15) is 30.9 Å². The number of hydrogen-bond donors (Lipinski definition) is 2. The molecule has 2 aromatic carbocycles. The van der Waals surface area contributed by atoms with Gasteiger partial charge >= 0.3 is 6.61 Å². The zero-order valence-corrected chi connectivity index (χ0v) is 18.6. The van der Waals surface area contributed by atoms with Crippen molar-refractivity contribution < 1.29 is 23.0 Å². The van der Waals surface area contributed by atoms with Crippen molar-refractivity contribution in [3.63, 3.8) is 0 Å². The van der Waals surface area contributed by atoms with E-state index in [4.69, 9.17) is 9.47 Å². The van der Waals surface area contributed by atoms with E-state index in [0.717, 1.165) is 12.8 Å². The second-order valence-corrected chi connectivity index (χ2v) is 7.66. The van der Waals surface area contributed by atoms with Crippen molar-refractivity contribution in [2.75, 3.05) is 33.4 Å². The van der Waals surface area contributed by atoms with Gasteiger partial charge in [0.1, 0.15) is 11.5 Å². The van der Waals surface area contributed by atoms with E-state index in [1.165, 1.54) is 18.7 Å². The Labute approximate surface area is 188 Å². The lowest BCUT2D eigenvalue weighted by Gasteiger charge is -2.38. The molecule has 0 unspecified atom stereocenters. The predicted molar refractivity (Wildman–Crippen MR) is 121 cm³/mol. The summed E-state index contributed by atoms with van der Waals surface area (Å²) in [5.74, 6) is 1.26. The second kappa shape index (κ2) is 11.7. The lowest BCUT2D eigenvalue weighted by Crippen LogP contribution is -2.48. The number of nitrogens with zero attached hydrogens (tertiary/aromatic N) is 1. The summed E-state index contributed by atoms with van der Waals surface area (Å²) in [5, 5.41) is 6.69. The highest BCUT2D eigenvalue weighted by molar-refractivity contribution is 5.80. The summed E-state index contributed by atoms with van der Waals surface area (Å²) in [6.07, 6.45) is 1.82. The predicted octanol–water partition coefficient (Wildman–Crippen LogP) is 4.10. The summed E-state index contributed by atoms with van der Waals surface area (Å²) < 4.78 is 41.1. The minimum absolute atomic E-state index is 0.0599. The zero-order valence-electron chi connectivity index (χ0n) is 18.6. The van der Waals surface area contributed by atoms with Crippen molar-refractivity contribution in [2.45, 2.75) is 38.3 Å². The molecule has 0 bridgehead atoms. The van der Waals surface area contributed by atoms with Gasteiger partial charge in [-0.1, -0.05) is 30.3 Å². The molecule has 0 radical (unpaired) electrons. The Morgan fingerprint density at radius 2 is 1.88 bits per heavy atom. The van der Waals surface area contributed by atoms with E-state index in [-0.39, 0.29) is 17.7 Å². The number of guanidine groups is 1. The van der Waals surface area contributed by atoms with Crippen LogP contribution in [0.2, 0.25) is 0 Å². The minimum Gasteiger partial charge on any atom is -0.497 e. The van der Waals surface area contributed by atoms with E-state index in [9.17, 15) is 8.78 Å². The van der Waals surface area contributed by atoms with Gasteiger partial charge in [-0.3, -0.25) is 0 Å². The molecule has 0 amide bonds. The summed E-state index contributed by atoms with van der Waals surface area (Å²) in [6.45, 7) is 2.02. The molecule has 8 heteroatoms. The first-order valence-electron chi connectivity index (χ1n) is 10.8. The van der Waals surface area contributed by atoms with Crippen molar-refractivity contribution in [3.8, 4) is 11.5 Å². The lowest BCUT2D eigenvalue weighted by atomic mass is 9.74. The third-order valence-corrected chi connectivity index (χ3v) is 5.67. The fraction of sp³-hybridized carbons (Fsp3) is 0.458. The van der Waals surface area contributed by atoms with Crippen LogP contribution in [0.5, 0.6) is 11.5 Å². The maximum atomic E-state index is 12.8. The Morgan fingerprint density at radius 1 is 1.12 bits per heavy atom. The van der Waals surface area contributed by atoms with Crippen LogP contribution in [0.3, 0.4) is 0 Å². The van der Waals surface area contributed by atoms with Crippen molar-refractivity contribution in [1.29, 1.82) is 0 Å². The van der Waals surface area contributed by atoms with Crippen LogP contribution in [0.25, 0.3) is 0 Å². The standard InChI is InChI=1S/C24H31F2N3O3/c1-3-27-23(28-16-18-15-20(30-2)9-10-21(18)32-22(25)26)29-17-24(11-13-31-14-12-24)19-7-5-4-6-8-19/h4-10,15,22H,3,11-14,16-17H2,1-2H3,(H2,27,28,29). The number of methoxy groups -OCH3 is 1. The van der Waals surface area contributed by atoms with Crippen molar-refractivity contribution in [3.05, 3.63) is 59.7 Å².